The van der Waals surface area contributed by atoms with E-state index in [-0.39, 0.29) is 11.9 Å². The Bertz CT molecular complexity index is 333. The summed E-state index contributed by atoms with van der Waals surface area (Å²) in [5.74, 6) is -0.227. The molecule has 0 radical (unpaired) electrons. The number of rotatable bonds is 6. The Balaban J connectivity index is 2.59. The molecule has 1 unspecified atom stereocenters. The summed E-state index contributed by atoms with van der Waals surface area (Å²) >= 11 is 3.18. The quantitative estimate of drug-likeness (QED) is 0.870. The molecule has 1 rings (SSSR count). The summed E-state index contributed by atoms with van der Waals surface area (Å²) in [5, 5.41) is 3.19. The third-order valence-electron chi connectivity index (χ3n) is 2.40. The van der Waals surface area contributed by atoms with Crippen LogP contribution in [0, 0.1) is 5.82 Å². The van der Waals surface area contributed by atoms with Gasteiger partial charge in [0.15, 0.2) is 0 Å². The van der Waals surface area contributed by atoms with Crippen LogP contribution in [0.1, 0.15) is 12.5 Å². The Morgan fingerprint density at radius 2 is 2.25 bits per heavy atom. The van der Waals surface area contributed by atoms with E-state index in [1.807, 2.05) is 20.0 Å². The Hall–Kier alpha value is -0.450. The summed E-state index contributed by atoms with van der Waals surface area (Å²) in [7, 11) is 1.91. The molecule has 16 heavy (non-hydrogen) atoms. The van der Waals surface area contributed by atoms with E-state index in [0.717, 1.165) is 12.0 Å². The number of halogens is 2. The van der Waals surface area contributed by atoms with Crippen molar-refractivity contribution in [2.24, 2.45) is 0 Å². The normalized spacial score (nSPS) is 12.8. The molecule has 0 bridgehead atoms. The molecule has 0 amide bonds. The van der Waals surface area contributed by atoms with E-state index in [0.29, 0.717) is 17.7 Å². The standard InChI is InChI=1S/C12H17BrFNO/c1-3-16-8-10(15-2)6-9-4-5-12(14)11(13)7-9/h4-5,7,10,15H,3,6,8H2,1-2H3. The first kappa shape index (κ1) is 13.6. The van der Waals surface area contributed by atoms with E-state index >= 15 is 0 Å². The maximum Gasteiger partial charge on any atom is 0.137 e. The third-order valence-corrected chi connectivity index (χ3v) is 3.01. The smallest absolute Gasteiger partial charge is 0.137 e. The monoisotopic (exact) mass is 289 g/mol. The second-order valence-electron chi connectivity index (χ2n) is 3.60. The lowest BCUT2D eigenvalue weighted by Gasteiger charge is -2.16. The van der Waals surface area contributed by atoms with Gasteiger partial charge in [0.2, 0.25) is 0 Å². The predicted molar refractivity (Wildman–Crippen MR) is 67.1 cm³/mol. The van der Waals surface area contributed by atoms with Crippen LogP contribution in [0.15, 0.2) is 22.7 Å². The van der Waals surface area contributed by atoms with E-state index < -0.39 is 0 Å². The van der Waals surface area contributed by atoms with Crippen molar-refractivity contribution in [3.63, 3.8) is 0 Å². The summed E-state index contributed by atoms with van der Waals surface area (Å²) in [5.41, 5.74) is 1.09. The first-order chi connectivity index (χ1) is 7.67. The number of nitrogens with one attached hydrogen (secondary N) is 1. The molecule has 90 valence electrons. The molecule has 0 aliphatic carbocycles. The maximum atomic E-state index is 13.0. The van der Waals surface area contributed by atoms with E-state index in [1.165, 1.54) is 6.07 Å². The fourth-order valence-electron chi connectivity index (χ4n) is 1.46. The molecule has 1 aromatic rings. The highest BCUT2D eigenvalue weighted by molar-refractivity contribution is 9.10. The molecule has 1 aromatic carbocycles. The molecule has 1 atom stereocenters. The number of hydrogen-bond donors (Lipinski definition) is 1. The van der Waals surface area contributed by atoms with Crippen molar-refractivity contribution in [1.29, 1.82) is 0 Å². The third kappa shape index (κ3) is 4.20. The number of benzene rings is 1. The number of likely N-dealkylation sites (N-methyl/N-ethyl adjacent to an activating group) is 1. The Labute approximate surface area is 104 Å². The van der Waals surface area contributed by atoms with Crippen LogP contribution in [0.2, 0.25) is 0 Å². The molecule has 4 heteroatoms. The van der Waals surface area contributed by atoms with Gasteiger partial charge in [0, 0.05) is 12.6 Å². The van der Waals surface area contributed by atoms with Gasteiger partial charge in [-0.3, -0.25) is 0 Å². The Kier molecular flexibility index (Phi) is 5.95. The Morgan fingerprint density at radius 3 is 2.81 bits per heavy atom. The molecule has 1 N–H and O–H groups in total. The SMILES string of the molecule is CCOCC(Cc1ccc(F)c(Br)c1)NC. The topological polar surface area (TPSA) is 21.3 Å². The molecule has 0 saturated heterocycles. The highest BCUT2D eigenvalue weighted by Crippen LogP contribution is 2.17. The lowest BCUT2D eigenvalue weighted by Crippen LogP contribution is -2.32. The average Bonchev–Trinajstić information content (AvgIpc) is 2.29. The average molecular weight is 290 g/mol. The first-order valence-corrected chi connectivity index (χ1v) is 6.15. The summed E-state index contributed by atoms with van der Waals surface area (Å²) < 4.78 is 18.9. The molecule has 0 aromatic heterocycles. The first-order valence-electron chi connectivity index (χ1n) is 5.36. The van der Waals surface area contributed by atoms with Gasteiger partial charge in [-0.2, -0.15) is 0 Å². The summed E-state index contributed by atoms with van der Waals surface area (Å²) in [4.78, 5) is 0. The molecular formula is C12H17BrFNO. The van der Waals surface area contributed by atoms with Gasteiger partial charge < -0.3 is 10.1 Å². The molecular weight excluding hydrogens is 273 g/mol. The zero-order valence-corrected chi connectivity index (χ0v) is 11.2. The van der Waals surface area contributed by atoms with Gasteiger partial charge in [-0.25, -0.2) is 4.39 Å². The van der Waals surface area contributed by atoms with Crippen LogP contribution in [0.4, 0.5) is 4.39 Å². The Morgan fingerprint density at radius 1 is 1.50 bits per heavy atom. The van der Waals surface area contributed by atoms with Gasteiger partial charge >= 0.3 is 0 Å². The number of ether oxygens (including phenoxy) is 1. The van der Waals surface area contributed by atoms with E-state index in [1.54, 1.807) is 6.07 Å². The summed E-state index contributed by atoms with van der Waals surface area (Å²) in [6.07, 6.45) is 0.829. The van der Waals surface area contributed by atoms with Crippen LogP contribution in [0.3, 0.4) is 0 Å². The fourth-order valence-corrected chi connectivity index (χ4v) is 1.88. The van der Waals surface area contributed by atoms with Crippen LogP contribution in [-0.4, -0.2) is 26.3 Å². The lowest BCUT2D eigenvalue weighted by atomic mass is 10.1. The van der Waals surface area contributed by atoms with Crippen LogP contribution in [-0.2, 0) is 11.2 Å². The van der Waals surface area contributed by atoms with E-state index in [9.17, 15) is 4.39 Å². The van der Waals surface area contributed by atoms with Crippen molar-refractivity contribution >= 4 is 15.9 Å². The summed E-state index contributed by atoms with van der Waals surface area (Å²) in [6.45, 7) is 3.36. The van der Waals surface area contributed by atoms with Crippen molar-refractivity contribution in [3.8, 4) is 0 Å². The molecule has 2 nitrogen and oxygen atoms in total. The zero-order chi connectivity index (χ0) is 12.0. The van der Waals surface area contributed by atoms with Crippen LogP contribution in [0.5, 0.6) is 0 Å². The zero-order valence-electron chi connectivity index (χ0n) is 9.59. The van der Waals surface area contributed by atoms with Gasteiger partial charge in [-0.15, -0.1) is 0 Å². The van der Waals surface area contributed by atoms with Crippen molar-refractivity contribution in [1.82, 2.24) is 5.32 Å². The maximum absolute atomic E-state index is 13.0. The minimum Gasteiger partial charge on any atom is -0.380 e. The predicted octanol–water partition coefficient (Wildman–Crippen LogP) is 2.76. The number of hydrogen-bond acceptors (Lipinski definition) is 2. The summed E-state index contributed by atoms with van der Waals surface area (Å²) in [6, 6.07) is 5.35. The van der Waals surface area contributed by atoms with Gasteiger partial charge in [0.1, 0.15) is 5.82 Å². The largest absolute Gasteiger partial charge is 0.380 e. The van der Waals surface area contributed by atoms with E-state index in [2.05, 4.69) is 21.2 Å². The van der Waals surface area contributed by atoms with Gasteiger partial charge in [0.25, 0.3) is 0 Å². The second-order valence-corrected chi connectivity index (χ2v) is 4.45. The van der Waals surface area contributed by atoms with Crippen LogP contribution >= 0.6 is 15.9 Å². The molecule has 0 fully saturated rings. The van der Waals surface area contributed by atoms with Crippen LogP contribution in [0.25, 0.3) is 0 Å². The molecule has 0 heterocycles. The highest BCUT2D eigenvalue weighted by atomic mass is 79.9. The van der Waals surface area contributed by atoms with Gasteiger partial charge in [-0.1, -0.05) is 6.07 Å². The van der Waals surface area contributed by atoms with Gasteiger partial charge in [-0.05, 0) is 54.0 Å². The lowest BCUT2D eigenvalue weighted by molar-refractivity contribution is 0.125. The molecule has 0 aliphatic heterocycles. The molecule has 0 saturated carbocycles. The second kappa shape index (κ2) is 6.99. The molecule has 0 spiro atoms. The molecule has 0 aliphatic rings. The highest BCUT2D eigenvalue weighted by Gasteiger charge is 2.08. The van der Waals surface area contributed by atoms with Gasteiger partial charge in [0.05, 0.1) is 11.1 Å². The van der Waals surface area contributed by atoms with E-state index in [4.69, 9.17) is 4.74 Å². The van der Waals surface area contributed by atoms with Crippen LogP contribution < -0.4 is 5.32 Å². The van der Waals surface area contributed by atoms with Crippen molar-refractivity contribution in [3.05, 3.63) is 34.1 Å². The fraction of sp³-hybridized carbons (Fsp3) is 0.500. The van der Waals surface area contributed by atoms with Crippen molar-refractivity contribution in [2.75, 3.05) is 20.3 Å². The van der Waals surface area contributed by atoms with Crippen molar-refractivity contribution < 1.29 is 9.13 Å². The minimum absolute atomic E-state index is 0.227. The van der Waals surface area contributed by atoms with Crippen molar-refractivity contribution in [2.45, 2.75) is 19.4 Å². The minimum atomic E-state index is -0.227.